The Balaban J connectivity index is 2.60. The Morgan fingerprint density at radius 1 is 1.40 bits per heavy atom. The SMILES string of the molecule is Cc1ccc(OCCC(C)C)c(CO)n1. The van der Waals surface area contributed by atoms with Crippen LogP contribution in [0.4, 0.5) is 0 Å². The fourth-order valence-electron chi connectivity index (χ4n) is 1.25. The van der Waals surface area contributed by atoms with E-state index in [0.717, 1.165) is 12.1 Å². The molecule has 84 valence electrons. The summed E-state index contributed by atoms with van der Waals surface area (Å²) < 4.78 is 5.57. The van der Waals surface area contributed by atoms with Gasteiger partial charge in [-0.1, -0.05) is 13.8 Å². The molecule has 0 atom stereocenters. The van der Waals surface area contributed by atoms with Gasteiger partial charge in [0.1, 0.15) is 11.4 Å². The van der Waals surface area contributed by atoms with Gasteiger partial charge in [-0.15, -0.1) is 0 Å². The van der Waals surface area contributed by atoms with Gasteiger partial charge in [0.2, 0.25) is 0 Å². The Labute approximate surface area is 91.1 Å². The molecule has 0 aliphatic heterocycles. The van der Waals surface area contributed by atoms with Gasteiger partial charge in [0.25, 0.3) is 0 Å². The summed E-state index contributed by atoms with van der Waals surface area (Å²) >= 11 is 0. The Morgan fingerprint density at radius 3 is 2.73 bits per heavy atom. The first kappa shape index (κ1) is 12.0. The van der Waals surface area contributed by atoms with E-state index in [9.17, 15) is 0 Å². The second-order valence-corrected chi connectivity index (χ2v) is 4.09. The first-order valence-corrected chi connectivity index (χ1v) is 5.33. The summed E-state index contributed by atoms with van der Waals surface area (Å²) in [5.74, 6) is 1.32. The highest BCUT2D eigenvalue weighted by atomic mass is 16.5. The summed E-state index contributed by atoms with van der Waals surface area (Å²) in [5, 5.41) is 9.11. The van der Waals surface area contributed by atoms with Crippen molar-refractivity contribution in [3.63, 3.8) is 0 Å². The molecule has 0 radical (unpaired) electrons. The van der Waals surface area contributed by atoms with Crippen molar-refractivity contribution in [2.45, 2.75) is 33.8 Å². The number of pyridine rings is 1. The van der Waals surface area contributed by atoms with Crippen molar-refractivity contribution in [3.05, 3.63) is 23.5 Å². The van der Waals surface area contributed by atoms with Gasteiger partial charge >= 0.3 is 0 Å². The molecular formula is C12H19NO2. The minimum absolute atomic E-state index is 0.0707. The largest absolute Gasteiger partial charge is 0.492 e. The zero-order chi connectivity index (χ0) is 11.3. The highest BCUT2D eigenvalue weighted by molar-refractivity contribution is 5.28. The Morgan fingerprint density at radius 2 is 2.13 bits per heavy atom. The minimum Gasteiger partial charge on any atom is -0.492 e. The van der Waals surface area contributed by atoms with Crippen molar-refractivity contribution >= 4 is 0 Å². The average molecular weight is 209 g/mol. The molecule has 3 heteroatoms. The normalized spacial score (nSPS) is 10.7. The number of aryl methyl sites for hydroxylation is 1. The Bertz CT molecular complexity index is 310. The molecule has 0 bridgehead atoms. The minimum atomic E-state index is -0.0707. The van der Waals surface area contributed by atoms with E-state index in [2.05, 4.69) is 18.8 Å². The number of hydrogen-bond donors (Lipinski definition) is 1. The summed E-state index contributed by atoms with van der Waals surface area (Å²) in [6, 6.07) is 3.76. The molecule has 0 fully saturated rings. The van der Waals surface area contributed by atoms with Crippen LogP contribution in [0.3, 0.4) is 0 Å². The van der Waals surface area contributed by atoms with Crippen molar-refractivity contribution in [2.24, 2.45) is 5.92 Å². The first-order chi connectivity index (χ1) is 7.13. The van der Waals surface area contributed by atoms with Crippen LogP contribution in [0.5, 0.6) is 5.75 Å². The van der Waals surface area contributed by atoms with Gasteiger partial charge in [0, 0.05) is 5.69 Å². The smallest absolute Gasteiger partial charge is 0.143 e. The zero-order valence-electron chi connectivity index (χ0n) is 9.66. The molecule has 0 unspecified atom stereocenters. The van der Waals surface area contributed by atoms with Crippen molar-refractivity contribution in [3.8, 4) is 5.75 Å². The summed E-state index contributed by atoms with van der Waals surface area (Å²) in [6.45, 7) is 6.82. The lowest BCUT2D eigenvalue weighted by Crippen LogP contribution is -2.05. The quantitative estimate of drug-likeness (QED) is 0.809. The molecule has 0 aliphatic carbocycles. The molecule has 3 nitrogen and oxygen atoms in total. The third kappa shape index (κ3) is 3.88. The molecule has 1 rings (SSSR count). The second kappa shape index (κ2) is 5.71. The van der Waals surface area contributed by atoms with Gasteiger partial charge in [-0.05, 0) is 31.4 Å². The molecule has 0 spiro atoms. The van der Waals surface area contributed by atoms with E-state index in [1.807, 2.05) is 19.1 Å². The highest BCUT2D eigenvalue weighted by Crippen LogP contribution is 2.17. The van der Waals surface area contributed by atoms with Crippen LogP contribution in [-0.4, -0.2) is 16.7 Å². The lowest BCUT2D eigenvalue weighted by Gasteiger charge is -2.11. The van der Waals surface area contributed by atoms with Gasteiger partial charge in [0.05, 0.1) is 13.2 Å². The van der Waals surface area contributed by atoms with Crippen molar-refractivity contribution in [1.82, 2.24) is 4.98 Å². The third-order valence-electron chi connectivity index (χ3n) is 2.17. The van der Waals surface area contributed by atoms with Crippen LogP contribution in [0.2, 0.25) is 0 Å². The van der Waals surface area contributed by atoms with Crippen molar-refractivity contribution < 1.29 is 9.84 Å². The number of aliphatic hydroxyl groups is 1. The fourth-order valence-corrected chi connectivity index (χ4v) is 1.25. The summed E-state index contributed by atoms with van der Waals surface area (Å²) in [4.78, 5) is 4.21. The van der Waals surface area contributed by atoms with Crippen LogP contribution in [0.1, 0.15) is 31.7 Å². The molecule has 0 amide bonds. The summed E-state index contributed by atoms with van der Waals surface area (Å²) in [6.07, 6.45) is 1.01. The van der Waals surface area contributed by atoms with E-state index in [0.29, 0.717) is 24.0 Å². The Kier molecular flexibility index (Phi) is 4.56. The third-order valence-corrected chi connectivity index (χ3v) is 2.17. The number of aliphatic hydroxyl groups excluding tert-OH is 1. The van der Waals surface area contributed by atoms with E-state index >= 15 is 0 Å². The predicted molar refractivity (Wildman–Crippen MR) is 59.8 cm³/mol. The van der Waals surface area contributed by atoms with E-state index in [1.54, 1.807) is 0 Å². The number of hydrogen-bond acceptors (Lipinski definition) is 3. The van der Waals surface area contributed by atoms with Crippen molar-refractivity contribution in [2.75, 3.05) is 6.61 Å². The lowest BCUT2D eigenvalue weighted by atomic mass is 10.1. The number of ether oxygens (including phenoxy) is 1. The molecule has 0 aliphatic rings. The van der Waals surface area contributed by atoms with Crippen LogP contribution < -0.4 is 4.74 Å². The van der Waals surface area contributed by atoms with E-state index < -0.39 is 0 Å². The number of nitrogens with zero attached hydrogens (tertiary/aromatic N) is 1. The van der Waals surface area contributed by atoms with Gasteiger partial charge < -0.3 is 9.84 Å². The van der Waals surface area contributed by atoms with E-state index in [1.165, 1.54) is 0 Å². The number of rotatable bonds is 5. The van der Waals surface area contributed by atoms with Gasteiger partial charge in [-0.25, -0.2) is 0 Å². The molecule has 0 saturated carbocycles. The molecular weight excluding hydrogens is 190 g/mol. The predicted octanol–water partition coefficient (Wildman–Crippen LogP) is 2.31. The van der Waals surface area contributed by atoms with Crippen LogP contribution in [0.15, 0.2) is 12.1 Å². The maximum absolute atomic E-state index is 9.11. The Hall–Kier alpha value is -1.09. The molecule has 1 aromatic rings. The van der Waals surface area contributed by atoms with Gasteiger partial charge in [-0.2, -0.15) is 0 Å². The first-order valence-electron chi connectivity index (χ1n) is 5.33. The average Bonchev–Trinajstić information content (AvgIpc) is 2.19. The number of aromatic nitrogens is 1. The fraction of sp³-hybridized carbons (Fsp3) is 0.583. The monoisotopic (exact) mass is 209 g/mol. The maximum atomic E-state index is 9.11. The molecule has 0 aromatic carbocycles. The lowest BCUT2D eigenvalue weighted by molar-refractivity contribution is 0.250. The summed E-state index contributed by atoms with van der Waals surface area (Å²) in [7, 11) is 0. The zero-order valence-corrected chi connectivity index (χ0v) is 9.66. The van der Waals surface area contributed by atoms with Crippen LogP contribution in [-0.2, 0) is 6.61 Å². The van der Waals surface area contributed by atoms with Crippen LogP contribution in [0.25, 0.3) is 0 Å². The van der Waals surface area contributed by atoms with E-state index in [-0.39, 0.29) is 6.61 Å². The maximum Gasteiger partial charge on any atom is 0.143 e. The topological polar surface area (TPSA) is 42.4 Å². The molecule has 1 heterocycles. The van der Waals surface area contributed by atoms with Gasteiger partial charge in [0.15, 0.2) is 0 Å². The van der Waals surface area contributed by atoms with Gasteiger partial charge in [-0.3, -0.25) is 4.98 Å². The highest BCUT2D eigenvalue weighted by Gasteiger charge is 2.04. The molecule has 1 N–H and O–H groups in total. The van der Waals surface area contributed by atoms with Crippen LogP contribution >= 0.6 is 0 Å². The molecule has 15 heavy (non-hydrogen) atoms. The van der Waals surface area contributed by atoms with Crippen molar-refractivity contribution in [1.29, 1.82) is 0 Å². The van der Waals surface area contributed by atoms with Crippen LogP contribution in [0, 0.1) is 12.8 Å². The second-order valence-electron chi connectivity index (χ2n) is 4.09. The molecule has 0 saturated heterocycles. The van der Waals surface area contributed by atoms with E-state index in [4.69, 9.17) is 9.84 Å². The molecule has 1 aromatic heterocycles. The standard InChI is InChI=1S/C12H19NO2/c1-9(2)6-7-15-12-5-4-10(3)13-11(12)8-14/h4-5,9,14H,6-8H2,1-3H3. The summed E-state index contributed by atoms with van der Waals surface area (Å²) in [5.41, 5.74) is 1.52.